The Morgan fingerprint density at radius 3 is 2.00 bits per heavy atom. The second-order valence-corrected chi connectivity index (χ2v) is 5.64. The summed E-state index contributed by atoms with van der Waals surface area (Å²) < 4.78 is 0. The summed E-state index contributed by atoms with van der Waals surface area (Å²) in [6.07, 6.45) is 8.29. The first-order valence-corrected chi connectivity index (χ1v) is 5.60. The Bertz CT molecular complexity index is 207. The van der Waals surface area contributed by atoms with E-state index in [0.29, 0.717) is 5.41 Å². The van der Waals surface area contributed by atoms with E-state index in [9.17, 15) is 0 Å². The molecule has 0 radical (unpaired) electrons. The van der Waals surface area contributed by atoms with Gasteiger partial charge < -0.3 is 0 Å². The molecule has 0 saturated carbocycles. The Kier molecular flexibility index (Phi) is 5.83. The maximum absolute atomic E-state index is 2.39. The van der Waals surface area contributed by atoms with E-state index in [1.54, 1.807) is 0 Å². The summed E-state index contributed by atoms with van der Waals surface area (Å²) >= 11 is 0. The molecule has 14 heavy (non-hydrogen) atoms. The fourth-order valence-corrected chi connectivity index (χ4v) is 1.17. The van der Waals surface area contributed by atoms with E-state index in [1.165, 1.54) is 30.4 Å². The number of rotatable bonds is 4. The molecule has 0 aliphatic carbocycles. The number of allylic oxidation sites excluding steroid dienone is 4. The van der Waals surface area contributed by atoms with Crippen LogP contribution >= 0.6 is 0 Å². The topological polar surface area (TPSA) is 0 Å². The van der Waals surface area contributed by atoms with Gasteiger partial charge in [0, 0.05) is 0 Å². The molecule has 0 bridgehead atoms. The monoisotopic (exact) mass is 194 g/mol. The third-order valence-electron chi connectivity index (χ3n) is 2.15. The van der Waals surface area contributed by atoms with Crippen LogP contribution in [-0.2, 0) is 0 Å². The molecule has 0 N–H and O–H groups in total. The summed E-state index contributed by atoms with van der Waals surface area (Å²) in [6, 6.07) is 0. The molecule has 0 heteroatoms. The minimum atomic E-state index is 0.428. The average molecular weight is 194 g/mol. The SMILES string of the molecule is CC(C)=CCC/C(C)=C/CC(C)(C)C. The van der Waals surface area contributed by atoms with Crippen molar-refractivity contribution < 1.29 is 0 Å². The quantitative estimate of drug-likeness (QED) is 0.545. The van der Waals surface area contributed by atoms with Crippen molar-refractivity contribution in [2.75, 3.05) is 0 Å². The van der Waals surface area contributed by atoms with Gasteiger partial charge in [0.25, 0.3) is 0 Å². The average Bonchev–Trinajstić information content (AvgIpc) is 1.99. The van der Waals surface area contributed by atoms with Crippen molar-refractivity contribution >= 4 is 0 Å². The summed E-state index contributed by atoms with van der Waals surface area (Å²) in [5.74, 6) is 0. The highest BCUT2D eigenvalue weighted by Crippen LogP contribution is 2.20. The minimum Gasteiger partial charge on any atom is -0.0856 e. The van der Waals surface area contributed by atoms with Crippen LogP contribution in [0.3, 0.4) is 0 Å². The van der Waals surface area contributed by atoms with Gasteiger partial charge in [0.05, 0.1) is 0 Å². The van der Waals surface area contributed by atoms with Crippen LogP contribution in [0.25, 0.3) is 0 Å². The molecule has 0 saturated heterocycles. The second kappa shape index (κ2) is 6.06. The van der Waals surface area contributed by atoms with Crippen LogP contribution in [0, 0.1) is 5.41 Å². The Morgan fingerprint density at radius 2 is 1.57 bits per heavy atom. The summed E-state index contributed by atoms with van der Waals surface area (Å²) in [6.45, 7) is 13.4. The smallest absolute Gasteiger partial charge is 0.0288 e. The van der Waals surface area contributed by atoms with Gasteiger partial charge in [-0.3, -0.25) is 0 Å². The summed E-state index contributed by atoms with van der Waals surface area (Å²) in [5.41, 5.74) is 3.38. The Labute approximate surface area is 90.1 Å². The molecule has 0 atom stereocenters. The molecule has 0 aromatic carbocycles. The van der Waals surface area contributed by atoms with Gasteiger partial charge in [0.2, 0.25) is 0 Å². The van der Waals surface area contributed by atoms with E-state index >= 15 is 0 Å². The molecule has 0 rings (SSSR count). The van der Waals surface area contributed by atoms with E-state index in [-0.39, 0.29) is 0 Å². The lowest BCUT2D eigenvalue weighted by Gasteiger charge is -2.15. The van der Waals surface area contributed by atoms with Crippen LogP contribution in [0.15, 0.2) is 23.3 Å². The molecule has 0 amide bonds. The van der Waals surface area contributed by atoms with Crippen molar-refractivity contribution in [3.05, 3.63) is 23.3 Å². The zero-order valence-corrected chi connectivity index (χ0v) is 10.8. The van der Waals surface area contributed by atoms with E-state index in [1.807, 2.05) is 0 Å². The predicted molar refractivity (Wildman–Crippen MR) is 66.5 cm³/mol. The Morgan fingerprint density at radius 1 is 1.00 bits per heavy atom. The van der Waals surface area contributed by atoms with Crippen molar-refractivity contribution in [1.29, 1.82) is 0 Å². The van der Waals surface area contributed by atoms with Gasteiger partial charge in [-0.25, -0.2) is 0 Å². The highest BCUT2D eigenvalue weighted by Gasteiger charge is 2.06. The zero-order valence-electron chi connectivity index (χ0n) is 10.8. The normalized spacial score (nSPS) is 12.9. The van der Waals surface area contributed by atoms with Gasteiger partial charge >= 0.3 is 0 Å². The molecule has 0 aliphatic rings. The lowest BCUT2D eigenvalue weighted by molar-refractivity contribution is 0.419. The van der Waals surface area contributed by atoms with Crippen molar-refractivity contribution in [3.8, 4) is 0 Å². The molecule has 0 fully saturated rings. The first-order valence-electron chi connectivity index (χ1n) is 5.60. The Hall–Kier alpha value is -0.520. The van der Waals surface area contributed by atoms with Gasteiger partial charge in [-0.2, -0.15) is 0 Å². The predicted octanol–water partition coefficient (Wildman–Crippen LogP) is 5.12. The molecule has 0 aliphatic heterocycles. The maximum atomic E-state index is 2.39. The van der Waals surface area contributed by atoms with Crippen molar-refractivity contribution in [2.45, 2.75) is 60.8 Å². The molecule has 0 aromatic rings. The molecule has 0 spiro atoms. The first-order chi connectivity index (χ1) is 6.31. The van der Waals surface area contributed by atoms with Crippen LogP contribution < -0.4 is 0 Å². The molecule has 0 nitrogen and oxygen atoms in total. The fourth-order valence-electron chi connectivity index (χ4n) is 1.17. The Balaban J connectivity index is 3.85. The summed E-state index contributed by atoms with van der Waals surface area (Å²) in [7, 11) is 0. The largest absolute Gasteiger partial charge is 0.0856 e. The molecule has 0 heterocycles. The highest BCUT2D eigenvalue weighted by atomic mass is 14.1. The highest BCUT2D eigenvalue weighted by molar-refractivity contribution is 5.03. The molecular weight excluding hydrogens is 168 g/mol. The van der Waals surface area contributed by atoms with Crippen LogP contribution in [0.5, 0.6) is 0 Å². The lowest BCUT2D eigenvalue weighted by atomic mass is 9.91. The van der Waals surface area contributed by atoms with E-state index in [4.69, 9.17) is 0 Å². The number of hydrogen-bond acceptors (Lipinski definition) is 0. The van der Waals surface area contributed by atoms with Gasteiger partial charge in [-0.05, 0) is 45.4 Å². The molecule has 0 aromatic heterocycles. The van der Waals surface area contributed by atoms with E-state index < -0.39 is 0 Å². The van der Waals surface area contributed by atoms with Crippen LogP contribution in [0.4, 0.5) is 0 Å². The van der Waals surface area contributed by atoms with Gasteiger partial charge in [0.1, 0.15) is 0 Å². The lowest BCUT2D eigenvalue weighted by Crippen LogP contribution is -2.02. The standard InChI is InChI=1S/C14H26/c1-12(2)8-7-9-13(3)10-11-14(4,5)6/h8,10H,7,9,11H2,1-6H3/b13-10+. The van der Waals surface area contributed by atoms with Crippen LogP contribution in [0.2, 0.25) is 0 Å². The van der Waals surface area contributed by atoms with Gasteiger partial charge in [0.15, 0.2) is 0 Å². The van der Waals surface area contributed by atoms with Crippen molar-refractivity contribution in [1.82, 2.24) is 0 Å². The minimum absolute atomic E-state index is 0.428. The van der Waals surface area contributed by atoms with E-state index in [2.05, 4.69) is 53.7 Å². The van der Waals surface area contributed by atoms with Gasteiger partial charge in [-0.1, -0.05) is 44.1 Å². The number of hydrogen-bond donors (Lipinski definition) is 0. The third kappa shape index (κ3) is 9.57. The summed E-state index contributed by atoms with van der Waals surface area (Å²) in [4.78, 5) is 0. The van der Waals surface area contributed by atoms with Gasteiger partial charge in [-0.15, -0.1) is 0 Å². The zero-order chi connectivity index (χ0) is 11.2. The summed E-state index contributed by atoms with van der Waals surface area (Å²) in [5, 5.41) is 0. The third-order valence-corrected chi connectivity index (χ3v) is 2.15. The van der Waals surface area contributed by atoms with Crippen LogP contribution in [0.1, 0.15) is 60.8 Å². The van der Waals surface area contributed by atoms with Crippen molar-refractivity contribution in [3.63, 3.8) is 0 Å². The van der Waals surface area contributed by atoms with E-state index in [0.717, 1.165) is 0 Å². The first kappa shape index (κ1) is 13.5. The molecule has 0 unspecified atom stereocenters. The molecule has 82 valence electrons. The second-order valence-electron chi connectivity index (χ2n) is 5.64. The fraction of sp³-hybridized carbons (Fsp3) is 0.714. The molecular formula is C14H26. The van der Waals surface area contributed by atoms with Crippen LogP contribution in [-0.4, -0.2) is 0 Å². The maximum Gasteiger partial charge on any atom is -0.0288 e. The van der Waals surface area contributed by atoms with Crippen molar-refractivity contribution in [2.24, 2.45) is 5.41 Å².